The largest absolute Gasteiger partial charge is 0.379 e. The molecule has 7 nitrogen and oxygen atoms in total. The first kappa shape index (κ1) is 17.5. The zero-order valence-corrected chi connectivity index (χ0v) is 15.8. The van der Waals surface area contributed by atoms with E-state index >= 15 is 0 Å². The number of morpholine rings is 1. The molecule has 8 heteroatoms. The van der Waals surface area contributed by atoms with Gasteiger partial charge >= 0.3 is 6.03 Å². The van der Waals surface area contributed by atoms with Crippen LogP contribution >= 0.6 is 11.3 Å². The molecule has 1 aromatic heterocycles. The second kappa shape index (κ2) is 7.38. The smallest absolute Gasteiger partial charge is 0.322 e. The molecule has 0 radical (unpaired) electrons. The van der Waals surface area contributed by atoms with Crippen LogP contribution in [0.1, 0.15) is 17.3 Å². The van der Waals surface area contributed by atoms with Crippen LogP contribution in [-0.2, 0) is 9.53 Å². The van der Waals surface area contributed by atoms with E-state index in [4.69, 9.17) is 4.74 Å². The van der Waals surface area contributed by atoms with Crippen molar-refractivity contribution >= 4 is 23.3 Å². The number of hydrogen-bond donors (Lipinski definition) is 1. The number of carbonyl (C=O) groups is 2. The monoisotopic (exact) mass is 376 g/mol. The van der Waals surface area contributed by atoms with Crippen LogP contribution in [0.25, 0.3) is 0 Å². The van der Waals surface area contributed by atoms with Gasteiger partial charge in [0.1, 0.15) is 0 Å². The molecule has 1 N–H and O–H groups in total. The van der Waals surface area contributed by atoms with E-state index in [0.717, 1.165) is 55.4 Å². The van der Waals surface area contributed by atoms with Gasteiger partial charge in [-0.2, -0.15) is 0 Å². The van der Waals surface area contributed by atoms with Gasteiger partial charge in [0.25, 0.3) is 5.91 Å². The molecule has 0 bridgehead atoms. The van der Waals surface area contributed by atoms with Gasteiger partial charge in [-0.15, -0.1) is 11.3 Å². The van der Waals surface area contributed by atoms with E-state index < -0.39 is 0 Å². The summed E-state index contributed by atoms with van der Waals surface area (Å²) in [5.41, 5.74) is 1.56. The van der Waals surface area contributed by atoms with E-state index in [-0.39, 0.29) is 18.0 Å². The van der Waals surface area contributed by atoms with Gasteiger partial charge in [-0.3, -0.25) is 14.6 Å². The van der Waals surface area contributed by atoms with Crippen LogP contribution in [0.15, 0.2) is 28.8 Å². The number of nitrogens with zero attached hydrogens (tertiary/aromatic N) is 3. The van der Waals surface area contributed by atoms with Crippen molar-refractivity contribution in [2.75, 3.05) is 53.0 Å². The number of rotatable bonds is 5. The lowest BCUT2D eigenvalue weighted by Crippen LogP contribution is -2.45. The molecule has 3 aliphatic heterocycles. The normalized spacial score (nSPS) is 24.3. The fourth-order valence-electron chi connectivity index (χ4n) is 3.78. The van der Waals surface area contributed by atoms with Crippen molar-refractivity contribution in [3.8, 4) is 0 Å². The summed E-state index contributed by atoms with van der Waals surface area (Å²) >= 11 is 1.56. The summed E-state index contributed by atoms with van der Waals surface area (Å²) in [6, 6.07) is 3.44. The number of urea groups is 1. The SMILES string of the molecule is CN1C(=O)NC(c2cccs2)C2=C1CN(CCCN1CCOCC1)C2=O. The van der Waals surface area contributed by atoms with Crippen LogP contribution in [0.5, 0.6) is 0 Å². The summed E-state index contributed by atoms with van der Waals surface area (Å²) in [5, 5.41) is 4.94. The van der Waals surface area contributed by atoms with Crippen LogP contribution in [0.2, 0.25) is 0 Å². The van der Waals surface area contributed by atoms with Crippen molar-refractivity contribution in [1.29, 1.82) is 0 Å². The van der Waals surface area contributed by atoms with Crippen LogP contribution in [0.4, 0.5) is 4.79 Å². The first-order chi connectivity index (χ1) is 12.6. The van der Waals surface area contributed by atoms with E-state index in [9.17, 15) is 9.59 Å². The van der Waals surface area contributed by atoms with Crippen LogP contribution in [0, 0.1) is 0 Å². The average molecular weight is 376 g/mol. The van der Waals surface area contributed by atoms with Gasteiger partial charge in [-0.25, -0.2) is 4.79 Å². The third kappa shape index (κ3) is 3.24. The van der Waals surface area contributed by atoms with Gasteiger partial charge in [0.05, 0.1) is 37.1 Å². The molecule has 1 unspecified atom stereocenters. The molecule has 4 heterocycles. The van der Waals surface area contributed by atoms with Crippen LogP contribution in [-0.4, -0.2) is 79.6 Å². The average Bonchev–Trinajstić information content (AvgIpc) is 3.29. The Morgan fingerprint density at radius 2 is 2.08 bits per heavy atom. The highest BCUT2D eigenvalue weighted by atomic mass is 32.1. The Morgan fingerprint density at radius 3 is 2.81 bits per heavy atom. The van der Waals surface area contributed by atoms with Crippen molar-refractivity contribution in [3.05, 3.63) is 33.7 Å². The number of carbonyl (C=O) groups excluding carboxylic acids is 2. The van der Waals surface area contributed by atoms with E-state index in [1.54, 1.807) is 23.3 Å². The van der Waals surface area contributed by atoms with Gasteiger partial charge in [0.15, 0.2) is 0 Å². The Bertz CT molecular complexity index is 712. The molecule has 0 aliphatic carbocycles. The molecule has 1 atom stereocenters. The molecule has 0 aromatic carbocycles. The maximum Gasteiger partial charge on any atom is 0.322 e. The highest BCUT2D eigenvalue weighted by Crippen LogP contribution is 2.37. The molecular formula is C18H24N4O3S. The molecule has 1 saturated heterocycles. The number of hydrogen-bond acceptors (Lipinski definition) is 5. The highest BCUT2D eigenvalue weighted by Gasteiger charge is 2.42. The fourth-order valence-corrected chi connectivity index (χ4v) is 4.57. The minimum Gasteiger partial charge on any atom is -0.379 e. The van der Waals surface area contributed by atoms with Crippen molar-refractivity contribution in [2.45, 2.75) is 12.5 Å². The Hall–Kier alpha value is -1.90. The van der Waals surface area contributed by atoms with Gasteiger partial charge in [0.2, 0.25) is 0 Å². The Labute approximate surface area is 157 Å². The topological polar surface area (TPSA) is 65.1 Å². The zero-order valence-electron chi connectivity index (χ0n) is 14.9. The predicted molar refractivity (Wildman–Crippen MR) is 98.8 cm³/mol. The molecule has 1 fully saturated rings. The van der Waals surface area contributed by atoms with Crippen molar-refractivity contribution in [1.82, 2.24) is 20.0 Å². The van der Waals surface area contributed by atoms with Gasteiger partial charge in [0, 0.05) is 38.1 Å². The second-order valence-electron chi connectivity index (χ2n) is 6.85. The van der Waals surface area contributed by atoms with Crippen LogP contribution < -0.4 is 5.32 Å². The third-order valence-electron chi connectivity index (χ3n) is 5.27. The minimum absolute atomic E-state index is 0.0484. The molecule has 0 saturated carbocycles. The second-order valence-corrected chi connectivity index (χ2v) is 7.83. The lowest BCUT2D eigenvalue weighted by molar-refractivity contribution is -0.125. The maximum atomic E-state index is 13.0. The van der Waals surface area contributed by atoms with Crippen LogP contribution in [0.3, 0.4) is 0 Å². The van der Waals surface area contributed by atoms with E-state index in [1.165, 1.54) is 0 Å². The predicted octanol–water partition coefficient (Wildman–Crippen LogP) is 1.26. The summed E-state index contributed by atoms with van der Waals surface area (Å²) in [6.07, 6.45) is 0.932. The van der Waals surface area contributed by atoms with Crippen molar-refractivity contribution in [2.24, 2.45) is 0 Å². The summed E-state index contributed by atoms with van der Waals surface area (Å²) in [6.45, 7) is 5.71. The van der Waals surface area contributed by atoms with Crippen molar-refractivity contribution < 1.29 is 14.3 Å². The molecule has 140 valence electrons. The lowest BCUT2D eigenvalue weighted by Gasteiger charge is -2.30. The number of amides is 3. The summed E-state index contributed by atoms with van der Waals surface area (Å²) in [7, 11) is 1.74. The molecule has 3 amide bonds. The molecule has 26 heavy (non-hydrogen) atoms. The highest BCUT2D eigenvalue weighted by molar-refractivity contribution is 7.10. The molecular weight excluding hydrogens is 352 g/mol. The molecule has 4 rings (SSSR count). The van der Waals surface area contributed by atoms with E-state index in [1.807, 2.05) is 22.4 Å². The quantitative estimate of drug-likeness (QED) is 0.840. The Morgan fingerprint density at radius 1 is 1.27 bits per heavy atom. The van der Waals surface area contributed by atoms with Crippen molar-refractivity contribution in [3.63, 3.8) is 0 Å². The molecule has 3 aliphatic rings. The number of ether oxygens (including phenoxy) is 1. The lowest BCUT2D eigenvalue weighted by atomic mass is 10.0. The number of likely N-dealkylation sites (N-methyl/N-ethyl adjacent to an activating group) is 1. The first-order valence-electron chi connectivity index (χ1n) is 9.05. The first-order valence-corrected chi connectivity index (χ1v) is 9.93. The molecule has 0 spiro atoms. The van der Waals surface area contributed by atoms with Gasteiger partial charge in [-0.1, -0.05) is 6.07 Å². The van der Waals surface area contributed by atoms with E-state index in [2.05, 4.69) is 10.2 Å². The summed E-state index contributed by atoms with van der Waals surface area (Å²) in [5.74, 6) is 0.0484. The Kier molecular flexibility index (Phi) is 4.97. The fraction of sp³-hybridized carbons (Fsp3) is 0.556. The number of nitrogens with one attached hydrogen (secondary N) is 1. The summed E-state index contributed by atoms with van der Waals surface area (Å²) < 4.78 is 5.37. The maximum absolute atomic E-state index is 13.0. The minimum atomic E-state index is -0.328. The molecule has 1 aromatic rings. The summed E-state index contributed by atoms with van der Waals surface area (Å²) in [4.78, 5) is 32.2. The Balaban J connectivity index is 1.44. The van der Waals surface area contributed by atoms with Gasteiger partial charge in [-0.05, 0) is 17.9 Å². The number of thiophene rings is 1. The van der Waals surface area contributed by atoms with E-state index in [0.29, 0.717) is 13.1 Å². The third-order valence-corrected chi connectivity index (χ3v) is 6.21. The zero-order chi connectivity index (χ0) is 18.1. The van der Waals surface area contributed by atoms with Gasteiger partial charge < -0.3 is 15.0 Å². The standard InChI is InChI=1S/C18H24N4O3S/c1-20-13-12-22(6-3-5-21-7-9-25-10-8-21)17(23)15(13)16(19-18(20)24)14-4-2-11-26-14/h2,4,11,16H,3,5-10,12H2,1H3,(H,19,24).